The van der Waals surface area contributed by atoms with E-state index in [1.807, 2.05) is 0 Å². The van der Waals surface area contributed by atoms with Crippen molar-refractivity contribution in [2.75, 3.05) is 13.1 Å². The zero-order valence-electron chi connectivity index (χ0n) is 9.79. The minimum Gasteiger partial charge on any atom is -0.316 e. The Hall–Kier alpha value is -0.820. The van der Waals surface area contributed by atoms with Gasteiger partial charge in [-0.15, -0.1) is 0 Å². The maximum Gasteiger partial charge on any atom is -0.00148 e. The quantitative estimate of drug-likeness (QED) is 0.779. The van der Waals surface area contributed by atoms with Crippen molar-refractivity contribution in [3.05, 3.63) is 35.4 Å². The molecular weight excluding hydrogens is 182 g/mol. The van der Waals surface area contributed by atoms with Crippen molar-refractivity contribution in [1.29, 1.82) is 0 Å². The number of hydrogen-bond donors (Lipinski definition) is 1. The molecule has 0 saturated carbocycles. The Labute approximate surface area is 92.9 Å². The molecule has 1 saturated heterocycles. The third kappa shape index (κ3) is 2.40. The minimum absolute atomic E-state index is 0.775. The summed E-state index contributed by atoms with van der Waals surface area (Å²) in [6.45, 7) is 6.83. The second-order valence-corrected chi connectivity index (χ2v) is 4.68. The van der Waals surface area contributed by atoms with Gasteiger partial charge in [0.25, 0.3) is 0 Å². The molecule has 1 aromatic rings. The highest BCUT2D eigenvalue weighted by atomic mass is 14.9. The van der Waals surface area contributed by atoms with Gasteiger partial charge in [-0.2, -0.15) is 0 Å². The van der Waals surface area contributed by atoms with Crippen molar-refractivity contribution < 1.29 is 0 Å². The van der Waals surface area contributed by atoms with Gasteiger partial charge in [0.2, 0.25) is 0 Å². The summed E-state index contributed by atoms with van der Waals surface area (Å²) in [6, 6.07) is 9.11. The fourth-order valence-corrected chi connectivity index (χ4v) is 2.60. The second kappa shape index (κ2) is 4.80. The molecule has 1 aliphatic heterocycles. The summed E-state index contributed by atoms with van der Waals surface area (Å²) in [5.41, 5.74) is 2.90. The summed E-state index contributed by atoms with van der Waals surface area (Å²) in [5.74, 6) is 1.60. The summed E-state index contributed by atoms with van der Waals surface area (Å²) in [5, 5.41) is 3.50. The molecule has 1 heterocycles. The molecule has 2 unspecified atom stereocenters. The number of aryl methyl sites for hydroxylation is 1. The van der Waals surface area contributed by atoms with Crippen molar-refractivity contribution in [2.45, 2.75) is 32.6 Å². The van der Waals surface area contributed by atoms with Gasteiger partial charge in [0, 0.05) is 0 Å². The number of piperidine rings is 1. The van der Waals surface area contributed by atoms with Crippen LogP contribution in [0, 0.1) is 12.8 Å². The molecule has 15 heavy (non-hydrogen) atoms. The highest BCUT2D eigenvalue weighted by Crippen LogP contribution is 2.32. The average molecular weight is 203 g/mol. The molecule has 2 rings (SSSR count). The lowest BCUT2D eigenvalue weighted by Gasteiger charge is -2.32. The van der Waals surface area contributed by atoms with E-state index in [4.69, 9.17) is 0 Å². The van der Waals surface area contributed by atoms with Gasteiger partial charge in [-0.05, 0) is 43.8 Å². The molecule has 1 aliphatic rings. The molecule has 1 aromatic carbocycles. The van der Waals surface area contributed by atoms with Gasteiger partial charge in [-0.1, -0.05) is 43.2 Å². The third-order valence-corrected chi connectivity index (χ3v) is 3.64. The fourth-order valence-electron chi connectivity index (χ4n) is 2.60. The second-order valence-electron chi connectivity index (χ2n) is 4.68. The van der Waals surface area contributed by atoms with Gasteiger partial charge in [-0.25, -0.2) is 0 Å². The third-order valence-electron chi connectivity index (χ3n) is 3.64. The summed E-state index contributed by atoms with van der Waals surface area (Å²) in [4.78, 5) is 0. The average Bonchev–Trinajstić information content (AvgIpc) is 2.30. The Morgan fingerprint density at radius 3 is 2.67 bits per heavy atom. The van der Waals surface area contributed by atoms with E-state index >= 15 is 0 Å². The molecule has 2 atom stereocenters. The lowest BCUT2D eigenvalue weighted by atomic mass is 9.80. The van der Waals surface area contributed by atoms with Crippen LogP contribution in [-0.2, 0) is 0 Å². The topological polar surface area (TPSA) is 12.0 Å². The monoisotopic (exact) mass is 203 g/mol. The Balaban J connectivity index is 2.16. The molecule has 1 fully saturated rings. The van der Waals surface area contributed by atoms with E-state index in [9.17, 15) is 0 Å². The molecular formula is C14H21N. The van der Waals surface area contributed by atoms with Crippen LogP contribution in [0.1, 0.15) is 36.8 Å². The van der Waals surface area contributed by atoms with Crippen LogP contribution in [0.2, 0.25) is 0 Å². The zero-order valence-corrected chi connectivity index (χ0v) is 9.79. The summed E-state index contributed by atoms with van der Waals surface area (Å²) >= 11 is 0. The van der Waals surface area contributed by atoms with Crippen molar-refractivity contribution in [1.82, 2.24) is 5.32 Å². The van der Waals surface area contributed by atoms with E-state index in [0.717, 1.165) is 11.8 Å². The van der Waals surface area contributed by atoms with Gasteiger partial charge < -0.3 is 5.32 Å². The smallest absolute Gasteiger partial charge is 0.00148 e. The van der Waals surface area contributed by atoms with Gasteiger partial charge >= 0.3 is 0 Å². The van der Waals surface area contributed by atoms with Gasteiger partial charge in [0.1, 0.15) is 0 Å². The van der Waals surface area contributed by atoms with Gasteiger partial charge in [0.15, 0.2) is 0 Å². The Morgan fingerprint density at radius 2 is 2.00 bits per heavy atom. The maximum absolute atomic E-state index is 3.50. The molecule has 1 nitrogen and oxygen atoms in total. The summed E-state index contributed by atoms with van der Waals surface area (Å²) in [6.07, 6.45) is 2.58. The molecule has 0 spiro atoms. The molecule has 0 bridgehead atoms. The molecule has 0 amide bonds. The number of nitrogens with one attached hydrogen (secondary N) is 1. The van der Waals surface area contributed by atoms with Crippen LogP contribution >= 0.6 is 0 Å². The highest BCUT2D eigenvalue weighted by molar-refractivity contribution is 5.25. The Morgan fingerprint density at radius 1 is 1.27 bits per heavy atom. The SMILES string of the molecule is CCC1CNCCC1c1ccc(C)cc1. The molecule has 82 valence electrons. The molecule has 0 radical (unpaired) electrons. The fraction of sp³-hybridized carbons (Fsp3) is 0.571. The standard InChI is InChI=1S/C14H21N/c1-3-12-10-15-9-8-14(12)13-6-4-11(2)5-7-13/h4-7,12,14-15H,3,8-10H2,1-2H3. The van der Waals surface area contributed by atoms with Crippen LogP contribution in [0.15, 0.2) is 24.3 Å². The van der Waals surface area contributed by atoms with Crippen molar-refractivity contribution in [3.63, 3.8) is 0 Å². The largest absolute Gasteiger partial charge is 0.316 e. The predicted molar refractivity (Wildman–Crippen MR) is 65.2 cm³/mol. The van der Waals surface area contributed by atoms with Crippen molar-refractivity contribution in [3.8, 4) is 0 Å². The Kier molecular flexibility index (Phi) is 3.42. The normalized spacial score (nSPS) is 26.5. The van der Waals surface area contributed by atoms with Crippen LogP contribution < -0.4 is 5.32 Å². The molecule has 1 N–H and O–H groups in total. The van der Waals surface area contributed by atoms with Crippen LogP contribution in [-0.4, -0.2) is 13.1 Å². The van der Waals surface area contributed by atoms with E-state index in [2.05, 4.69) is 43.4 Å². The van der Waals surface area contributed by atoms with Crippen LogP contribution in [0.5, 0.6) is 0 Å². The minimum atomic E-state index is 0.775. The molecule has 0 aliphatic carbocycles. The predicted octanol–water partition coefficient (Wildman–Crippen LogP) is 3.10. The van der Waals surface area contributed by atoms with Crippen LogP contribution in [0.3, 0.4) is 0 Å². The maximum atomic E-state index is 3.50. The number of hydrogen-bond acceptors (Lipinski definition) is 1. The molecule has 0 aromatic heterocycles. The van der Waals surface area contributed by atoms with Crippen LogP contribution in [0.25, 0.3) is 0 Å². The van der Waals surface area contributed by atoms with Crippen molar-refractivity contribution >= 4 is 0 Å². The summed E-state index contributed by atoms with van der Waals surface area (Å²) in [7, 11) is 0. The van der Waals surface area contributed by atoms with E-state index in [1.165, 1.54) is 37.1 Å². The van der Waals surface area contributed by atoms with Gasteiger partial charge in [0.05, 0.1) is 0 Å². The van der Waals surface area contributed by atoms with E-state index in [0.29, 0.717) is 0 Å². The van der Waals surface area contributed by atoms with E-state index in [-0.39, 0.29) is 0 Å². The lowest BCUT2D eigenvalue weighted by molar-refractivity contribution is 0.318. The van der Waals surface area contributed by atoms with E-state index < -0.39 is 0 Å². The number of benzene rings is 1. The Bertz CT molecular complexity index is 302. The van der Waals surface area contributed by atoms with Crippen molar-refractivity contribution in [2.24, 2.45) is 5.92 Å². The van der Waals surface area contributed by atoms with E-state index in [1.54, 1.807) is 0 Å². The number of rotatable bonds is 2. The lowest BCUT2D eigenvalue weighted by Crippen LogP contribution is -2.35. The first kappa shape index (κ1) is 10.7. The first-order valence-electron chi connectivity index (χ1n) is 6.08. The highest BCUT2D eigenvalue weighted by Gasteiger charge is 2.24. The molecule has 1 heteroatoms. The first-order chi connectivity index (χ1) is 7.31. The first-order valence-corrected chi connectivity index (χ1v) is 6.08. The summed E-state index contributed by atoms with van der Waals surface area (Å²) < 4.78 is 0. The van der Waals surface area contributed by atoms with Gasteiger partial charge in [-0.3, -0.25) is 0 Å². The van der Waals surface area contributed by atoms with Crippen LogP contribution in [0.4, 0.5) is 0 Å². The zero-order chi connectivity index (χ0) is 10.7.